The van der Waals surface area contributed by atoms with Gasteiger partial charge in [-0.25, -0.2) is 9.97 Å². The number of aromatic nitrogens is 2. The van der Waals surface area contributed by atoms with Crippen molar-refractivity contribution in [2.45, 2.75) is 38.2 Å². The number of benzene rings is 1. The SMILES string of the molecule is CN(c1cc(C(F)(F)F)ncn1)C1CCCN(Cc2ccccc2OC(F)F)C1. The lowest BCUT2D eigenvalue weighted by Gasteiger charge is -2.38. The number of hydrogen-bond donors (Lipinski definition) is 0. The van der Waals surface area contributed by atoms with E-state index in [0.717, 1.165) is 31.8 Å². The summed E-state index contributed by atoms with van der Waals surface area (Å²) in [6.07, 6.45) is -2.02. The Labute approximate surface area is 165 Å². The number of rotatable bonds is 6. The maximum absolute atomic E-state index is 12.9. The molecule has 0 aliphatic carbocycles. The van der Waals surface area contributed by atoms with Crippen molar-refractivity contribution in [3.05, 3.63) is 47.9 Å². The molecule has 2 aromatic rings. The van der Waals surface area contributed by atoms with Crippen LogP contribution in [0.3, 0.4) is 0 Å². The molecule has 0 radical (unpaired) electrons. The van der Waals surface area contributed by atoms with E-state index in [2.05, 4.69) is 19.6 Å². The van der Waals surface area contributed by atoms with Crippen molar-refractivity contribution in [1.82, 2.24) is 14.9 Å². The second kappa shape index (κ2) is 8.89. The van der Waals surface area contributed by atoms with Gasteiger partial charge in [0.05, 0.1) is 0 Å². The largest absolute Gasteiger partial charge is 0.434 e. The molecule has 0 saturated carbocycles. The van der Waals surface area contributed by atoms with E-state index in [1.165, 1.54) is 6.07 Å². The van der Waals surface area contributed by atoms with Gasteiger partial charge in [0.25, 0.3) is 0 Å². The molecule has 1 aromatic carbocycles. The standard InChI is InChI=1S/C19H21F5N4O/c1-27(17-9-16(19(22,23)24)25-12-26-17)14-6-4-8-28(11-14)10-13-5-2-3-7-15(13)29-18(20)21/h2-3,5,7,9,12,14,18H,4,6,8,10-11H2,1H3. The highest BCUT2D eigenvalue weighted by atomic mass is 19.4. The van der Waals surface area contributed by atoms with Gasteiger partial charge < -0.3 is 9.64 Å². The van der Waals surface area contributed by atoms with Gasteiger partial charge in [-0.3, -0.25) is 4.90 Å². The highest BCUT2D eigenvalue weighted by Gasteiger charge is 2.34. The molecule has 2 heterocycles. The molecule has 158 valence electrons. The van der Waals surface area contributed by atoms with Crippen LogP contribution >= 0.6 is 0 Å². The highest BCUT2D eigenvalue weighted by molar-refractivity contribution is 5.40. The fourth-order valence-electron chi connectivity index (χ4n) is 3.46. The first-order valence-corrected chi connectivity index (χ1v) is 9.11. The molecule has 1 aliphatic heterocycles. The Kier molecular flexibility index (Phi) is 6.51. The quantitative estimate of drug-likeness (QED) is 0.661. The molecule has 1 unspecified atom stereocenters. The lowest BCUT2D eigenvalue weighted by Crippen LogP contribution is -2.46. The minimum absolute atomic E-state index is 0.0667. The molecule has 0 spiro atoms. The number of likely N-dealkylation sites (tertiary alicyclic amines) is 1. The molecule has 1 fully saturated rings. The van der Waals surface area contributed by atoms with Gasteiger partial charge in [0.15, 0.2) is 0 Å². The minimum atomic E-state index is -4.54. The summed E-state index contributed by atoms with van der Waals surface area (Å²) in [5.74, 6) is 0.323. The molecule has 1 saturated heterocycles. The monoisotopic (exact) mass is 416 g/mol. The molecule has 10 heteroatoms. The summed E-state index contributed by atoms with van der Waals surface area (Å²) in [6, 6.07) is 7.47. The number of ether oxygens (including phenoxy) is 1. The van der Waals surface area contributed by atoms with Gasteiger partial charge in [0.2, 0.25) is 0 Å². The van der Waals surface area contributed by atoms with Gasteiger partial charge in [0.1, 0.15) is 23.6 Å². The average Bonchev–Trinajstić information content (AvgIpc) is 2.68. The van der Waals surface area contributed by atoms with Crippen LogP contribution in [0, 0.1) is 0 Å². The Morgan fingerprint density at radius 3 is 2.72 bits per heavy atom. The number of para-hydroxylation sites is 1. The van der Waals surface area contributed by atoms with Crippen molar-refractivity contribution >= 4 is 5.82 Å². The van der Waals surface area contributed by atoms with Crippen molar-refractivity contribution in [1.29, 1.82) is 0 Å². The smallest absolute Gasteiger partial charge is 0.433 e. The lowest BCUT2D eigenvalue weighted by molar-refractivity contribution is -0.141. The first-order valence-electron chi connectivity index (χ1n) is 9.11. The molecule has 5 nitrogen and oxygen atoms in total. The molecule has 0 amide bonds. The molecule has 1 aromatic heterocycles. The first-order chi connectivity index (χ1) is 13.7. The van der Waals surface area contributed by atoms with E-state index >= 15 is 0 Å². The number of likely N-dealkylation sites (N-methyl/N-ethyl adjacent to an activating group) is 1. The summed E-state index contributed by atoms with van der Waals surface area (Å²) in [7, 11) is 1.70. The number of halogens is 5. The fourth-order valence-corrected chi connectivity index (χ4v) is 3.46. The lowest BCUT2D eigenvalue weighted by atomic mass is 10.0. The zero-order valence-corrected chi connectivity index (χ0v) is 15.7. The molecular formula is C19H21F5N4O. The predicted molar refractivity (Wildman–Crippen MR) is 96.8 cm³/mol. The highest BCUT2D eigenvalue weighted by Crippen LogP contribution is 2.30. The molecule has 29 heavy (non-hydrogen) atoms. The van der Waals surface area contributed by atoms with E-state index in [1.807, 2.05) is 0 Å². The van der Waals surface area contributed by atoms with E-state index in [4.69, 9.17) is 0 Å². The Balaban J connectivity index is 1.70. The van der Waals surface area contributed by atoms with Crippen LogP contribution in [0.5, 0.6) is 5.75 Å². The summed E-state index contributed by atoms with van der Waals surface area (Å²) in [4.78, 5) is 11.1. The summed E-state index contributed by atoms with van der Waals surface area (Å²) in [5, 5.41) is 0. The van der Waals surface area contributed by atoms with Gasteiger partial charge in [-0.05, 0) is 25.5 Å². The fraction of sp³-hybridized carbons (Fsp3) is 0.474. The topological polar surface area (TPSA) is 41.5 Å². The maximum atomic E-state index is 12.9. The van der Waals surface area contributed by atoms with Crippen LogP contribution in [0.4, 0.5) is 27.8 Å². The number of alkyl halides is 5. The number of anilines is 1. The second-order valence-electron chi connectivity index (χ2n) is 6.89. The van der Waals surface area contributed by atoms with Crippen LogP contribution in [0.25, 0.3) is 0 Å². The summed E-state index contributed by atoms with van der Waals surface area (Å²) >= 11 is 0. The van der Waals surface area contributed by atoms with Gasteiger partial charge in [-0.1, -0.05) is 18.2 Å². The van der Waals surface area contributed by atoms with Gasteiger partial charge in [-0.15, -0.1) is 0 Å². The second-order valence-corrected chi connectivity index (χ2v) is 6.89. The summed E-state index contributed by atoms with van der Waals surface area (Å²) in [6.45, 7) is -1.18. The Morgan fingerprint density at radius 2 is 2.00 bits per heavy atom. The van der Waals surface area contributed by atoms with E-state index in [0.29, 0.717) is 18.7 Å². The third-order valence-corrected chi connectivity index (χ3v) is 4.92. The summed E-state index contributed by atoms with van der Waals surface area (Å²) < 4.78 is 68.6. The van der Waals surface area contributed by atoms with Gasteiger partial charge in [-0.2, -0.15) is 22.0 Å². The third-order valence-electron chi connectivity index (χ3n) is 4.92. The number of piperidine rings is 1. The van der Waals surface area contributed by atoms with Gasteiger partial charge in [0, 0.05) is 37.8 Å². The van der Waals surface area contributed by atoms with E-state index in [1.54, 1.807) is 30.1 Å². The molecular weight excluding hydrogens is 395 g/mol. The molecule has 0 N–H and O–H groups in total. The first kappa shape index (κ1) is 21.2. The Morgan fingerprint density at radius 1 is 1.24 bits per heavy atom. The minimum Gasteiger partial charge on any atom is -0.434 e. The zero-order chi connectivity index (χ0) is 21.0. The van der Waals surface area contributed by atoms with Crippen LogP contribution < -0.4 is 9.64 Å². The van der Waals surface area contributed by atoms with Gasteiger partial charge >= 0.3 is 12.8 Å². The maximum Gasteiger partial charge on any atom is 0.433 e. The Bertz CT molecular complexity index is 817. The van der Waals surface area contributed by atoms with E-state index in [9.17, 15) is 22.0 Å². The van der Waals surface area contributed by atoms with Crippen LogP contribution in [0.2, 0.25) is 0 Å². The normalized spacial score (nSPS) is 18.1. The van der Waals surface area contributed by atoms with Crippen molar-refractivity contribution in [3.63, 3.8) is 0 Å². The number of nitrogens with zero attached hydrogens (tertiary/aromatic N) is 4. The van der Waals surface area contributed by atoms with Crippen LogP contribution in [-0.2, 0) is 12.7 Å². The average molecular weight is 416 g/mol. The van der Waals surface area contributed by atoms with Crippen LogP contribution in [-0.4, -0.2) is 47.7 Å². The van der Waals surface area contributed by atoms with E-state index in [-0.39, 0.29) is 17.6 Å². The third kappa shape index (κ3) is 5.53. The number of hydrogen-bond acceptors (Lipinski definition) is 5. The molecule has 3 rings (SSSR count). The zero-order valence-electron chi connectivity index (χ0n) is 15.7. The van der Waals surface area contributed by atoms with Crippen molar-refractivity contribution < 1.29 is 26.7 Å². The Hall–Kier alpha value is -2.49. The molecule has 1 atom stereocenters. The van der Waals surface area contributed by atoms with Crippen molar-refractivity contribution in [2.24, 2.45) is 0 Å². The van der Waals surface area contributed by atoms with Crippen molar-refractivity contribution in [2.75, 3.05) is 25.0 Å². The molecule has 1 aliphatic rings. The van der Waals surface area contributed by atoms with E-state index < -0.39 is 18.5 Å². The molecule has 0 bridgehead atoms. The van der Waals surface area contributed by atoms with Crippen molar-refractivity contribution in [3.8, 4) is 5.75 Å². The summed E-state index contributed by atoms with van der Waals surface area (Å²) in [5.41, 5.74) is -0.349. The van der Waals surface area contributed by atoms with Crippen LogP contribution in [0.1, 0.15) is 24.1 Å². The van der Waals surface area contributed by atoms with Crippen LogP contribution in [0.15, 0.2) is 36.7 Å². The predicted octanol–water partition coefficient (Wildman–Crippen LogP) is 4.20.